The number of rotatable bonds is 6. The summed E-state index contributed by atoms with van der Waals surface area (Å²) in [6, 6.07) is 11.9. The van der Waals surface area contributed by atoms with E-state index in [1.54, 1.807) is 6.07 Å². The largest absolute Gasteiger partial charge is 0.395 e. The van der Waals surface area contributed by atoms with E-state index in [2.05, 4.69) is 45.6 Å². The third-order valence-electron chi connectivity index (χ3n) is 7.58. The Morgan fingerprint density at radius 2 is 2.03 bits per heavy atom. The topological polar surface area (TPSA) is 61.6 Å². The number of carbonyl (C=O) groups is 1. The summed E-state index contributed by atoms with van der Waals surface area (Å²) >= 11 is 12.6. The van der Waals surface area contributed by atoms with Crippen LogP contribution >= 0.6 is 23.2 Å². The van der Waals surface area contributed by atoms with Gasteiger partial charge in [-0.25, -0.2) is 4.98 Å². The lowest BCUT2D eigenvalue weighted by atomic mass is 9.96. The molecule has 1 fully saturated rings. The molecule has 2 aliphatic heterocycles. The van der Waals surface area contributed by atoms with E-state index < -0.39 is 0 Å². The Morgan fingerprint density at radius 1 is 1.17 bits per heavy atom. The van der Waals surface area contributed by atoms with E-state index >= 15 is 0 Å². The van der Waals surface area contributed by atoms with Crippen LogP contribution in [0, 0.1) is 0 Å². The molecule has 2 atom stereocenters. The first-order valence-corrected chi connectivity index (χ1v) is 13.5. The molecule has 0 spiro atoms. The van der Waals surface area contributed by atoms with E-state index in [4.69, 9.17) is 23.2 Å². The molecule has 8 heteroatoms. The summed E-state index contributed by atoms with van der Waals surface area (Å²) < 4.78 is 2.14. The summed E-state index contributed by atoms with van der Waals surface area (Å²) in [6.07, 6.45) is 7.90. The Balaban J connectivity index is 1.35. The zero-order valence-corrected chi connectivity index (χ0v) is 22.0. The van der Waals surface area contributed by atoms with E-state index in [0.29, 0.717) is 29.7 Å². The molecule has 2 aliphatic rings. The summed E-state index contributed by atoms with van der Waals surface area (Å²) in [5.41, 5.74) is 5.39. The molecular weight excluding hydrogens is 495 g/mol. The normalized spacial score (nSPS) is 19.9. The van der Waals surface area contributed by atoms with Gasteiger partial charge in [0.05, 0.1) is 36.1 Å². The minimum atomic E-state index is -0.104. The second-order valence-corrected chi connectivity index (χ2v) is 10.6. The lowest BCUT2D eigenvalue weighted by molar-refractivity contribution is -0.138. The molecule has 6 nitrogen and oxygen atoms in total. The van der Waals surface area contributed by atoms with Crippen LogP contribution in [0.25, 0.3) is 16.6 Å². The van der Waals surface area contributed by atoms with Crippen molar-refractivity contribution in [2.45, 2.75) is 44.7 Å². The quantitative estimate of drug-likeness (QED) is 0.466. The molecule has 0 radical (unpaired) electrons. The first kappa shape index (κ1) is 25.3. The number of nitrogens with zero attached hydrogens (tertiary/aromatic N) is 4. The fourth-order valence-electron chi connectivity index (χ4n) is 5.53. The number of aliphatic hydroxyl groups is 1. The van der Waals surface area contributed by atoms with Gasteiger partial charge in [0.2, 0.25) is 5.91 Å². The van der Waals surface area contributed by atoms with Gasteiger partial charge in [0, 0.05) is 29.7 Å². The Hall–Kier alpha value is -2.38. The van der Waals surface area contributed by atoms with E-state index in [-0.39, 0.29) is 24.6 Å². The Morgan fingerprint density at radius 3 is 2.78 bits per heavy atom. The van der Waals surface area contributed by atoms with Crippen LogP contribution in [0.3, 0.4) is 0 Å². The molecule has 1 N–H and O–H groups in total. The van der Waals surface area contributed by atoms with Crippen molar-refractivity contribution in [2.75, 3.05) is 32.8 Å². The Labute approximate surface area is 222 Å². The number of aromatic nitrogens is 2. The minimum Gasteiger partial charge on any atom is -0.395 e. The van der Waals surface area contributed by atoms with Crippen LogP contribution in [0.1, 0.15) is 49.8 Å². The van der Waals surface area contributed by atoms with Gasteiger partial charge in [-0.05, 0) is 73.7 Å². The van der Waals surface area contributed by atoms with Crippen molar-refractivity contribution in [3.63, 3.8) is 0 Å². The zero-order valence-electron chi connectivity index (χ0n) is 20.5. The second-order valence-electron chi connectivity index (χ2n) is 9.73. The number of fused-ring (bicyclic) bond motifs is 1. The molecule has 0 aliphatic carbocycles. The zero-order chi connectivity index (χ0) is 25.2. The van der Waals surface area contributed by atoms with E-state index in [1.165, 1.54) is 5.57 Å². The van der Waals surface area contributed by atoms with Gasteiger partial charge in [0.15, 0.2) is 0 Å². The molecule has 5 rings (SSSR count). The lowest BCUT2D eigenvalue weighted by Gasteiger charge is -2.38. The number of piperidine rings is 1. The number of hydrogen-bond acceptors (Lipinski definition) is 4. The van der Waals surface area contributed by atoms with Gasteiger partial charge in [-0.2, -0.15) is 0 Å². The van der Waals surface area contributed by atoms with Crippen LogP contribution in [0.4, 0.5) is 0 Å². The predicted molar refractivity (Wildman–Crippen MR) is 145 cm³/mol. The molecule has 1 unspecified atom stereocenters. The second kappa shape index (κ2) is 10.9. The van der Waals surface area contributed by atoms with Crippen LogP contribution in [0.15, 0.2) is 48.8 Å². The van der Waals surface area contributed by atoms with Crippen molar-refractivity contribution in [2.24, 2.45) is 0 Å². The summed E-state index contributed by atoms with van der Waals surface area (Å²) in [4.78, 5) is 22.0. The smallest absolute Gasteiger partial charge is 0.240 e. The van der Waals surface area contributed by atoms with Crippen molar-refractivity contribution in [3.05, 3.63) is 70.0 Å². The summed E-state index contributed by atoms with van der Waals surface area (Å²) in [7, 11) is 0. The third kappa shape index (κ3) is 5.05. The fraction of sp³-hybridized carbons (Fsp3) is 0.429. The highest BCUT2D eigenvalue weighted by atomic mass is 35.5. The standard InChI is InChI=1S/C28H32Cl2N4O2/c1-19(23-7-6-22(29)17-24(23)30)34-18-31-25-8-5-21(16-27(25)34)20-9-12-33(13-10-20)28(36)26-4-2-3-11-32(26)14-15-35/h5-9,16-19,26,35H,2-4,10-15H2,1H3/t19-,26?/m1/s1. The van der Waals surface area contributed by atoms with Crippen molar-refractivity contribution >= 4 is 45.7 Å². The van der Waals surface area contributed by atoms with Crippen LogP contribution in [-0.2, 0) is 4.79 Å². The summed E-state index contributed by atoms with van der Waals surface area (Å²) in [5.74, 6) is 0.195. The molecule has 2 aromatic carbocycles. The average molecular weight is 527 g/mol. The van der Waals surface area contributed by atoms with Crippen molar-refractivity contribution < 1.29 is 9.90 Å². The molecule has 1 saturated heterocycles. The van der Waals surface area contributed by atoms with Gasteiger partial charge in [-0.1, -0.05) is 47.8 Å². The van der Waals surface area contributed by atoms with Crippen LogP contribution in [0.2, 0.25) is 10.0 Å². The summed E-state index contributed by atoms with van der Waals surface area (Å²) in [5, 5.41) is 10.7. The van der Waals surface area contributed by atoms with Gasteiger partial charge < -0.3 is 14.6 Å². The number of aliphatic hydroxyl groups excluding tert-OH is 1. The maximum atomic E-state index is 13.3. The molecule has 36 heavy (non-hydrogen) atoms. The van der Waals surface area contributed by atoms with Crippen LogP contribution < -0.4 is 0 Å². The first-order chi connectivity index (χ1) is 17.5. The van der Waals surface area contributed by atoms with Gasteiger partial charge in [-0.15, -0.1) is 0 Å². The molecular formula is C28H32Cl2N4O2. The predicted octanol–water partition coefficient (Wildman–Crippen LogP) is 5.41. The maximum Gasteiger partial charge on any atom is 0.240 e. The molecule has 3 aromatic rings. The fourth-order valence-corrected chi connectivity index (χ4v) is 6.10. The highest BCUT2D eigenvalue weighted by Gasteiger charge is 2.32. The number of halogens is 2. The molecule has 0 bridgehead atoms. The van der Waals surface area contributed by atoms with E-state index in [9.17, 15) is 9.90 Å². The molecule has 1 aromatic heterocycles. The monoisotopic (exact) mass is 526 g/mol. The molecule has 3 heterocycles. The number of likely N-dealkylation sites (tertiary alicyclic amines) is 1. The third-order valence-corrected chi connectivity index (χ3v) is 8.14. The van der Waals surface area contributed by atoms with Crippen LogP contribution in [-0.4, -0.2) is 69.2 Å². The number of amides is 1. The first-order valence-electron chi connectivity index (χ1n) is 12.7. The molecule has 1 amide bonds. The van der Waals surface area contributed by atoms with E-state index in [1.807, 2.05) is 23.4 Å². The Kier molecular flexibility index (Phi) is 7.68. The number of imidazole rings is 1. The number of carbonyl (C=O) groups excluding carboxylic acids is 1. The lowest BCUT2D eigenvalue weighted by Crippen LogP contribution is -2.52. The van der Waals surface area contributed by atoms with Crippen LogP contribution in [0.5, 0.6) is 0 Å². The molecule has 0 saturated carbocycles. The SMILES string of the molecule is C[C@H](c1ccc(Cl)cc1Cl)n1cnc2ccc(C3=CCN(C(=O)C4CCCCN4CCO)CC3)cc21. The number of hydrogen-bond donors (Lipinski definition) is 1. The van der Waals surface area contributed by atoms with Gasteiger partial charge in [0.25, 0.3) is 0 Å². The Bertz CT molecular complexity index is 1290. The highest BCUT2D eigenvalue weighted by molar-refractivity contribution is 6.35. The van der Waals surface area contributed by atoms with E-state index in [0.717, 1.165) is 54.4 Å². The number of benzene rings is 2. The number of β-amino-alcohol motifs (C(OH)–C–C–N with tert-alkyl or cyclic N) is 1. The minimum absolute atomic E-state index is 0.000764. The van der Waals surface area contributed by atoms with Crippen molar-refractivity contribution in [1.29, 1.82) is 0 Å². The molecule has 190 valence electrons. The van der Waals surface area contributed by atoms with Gasteiger partial charge in [-0.3, -0.25) is 9.69 Å². The maximum absolute atomic E-state index is 13.3. The average Bonchev–Trinajstić information content (AvgIpc) is 3.32. The van der Waals surface area contributed by atoms with Gasteiger partial charge >= 0.3 is 0 Å². The van der Waals surface area contributed by atoms with Crippen molar-refractivity contribution in [1.82, 2.24) is 19.4 Å². The van der Waals surface area contributed by atoms with Crippen molar-refractivity contribution in [3.8, 4) is 0 Å². The summed E-state index contributed by atoms with van der Waals surface area (Å²) in [6.45, 7) is 4.99. The van der Waals surface area contributed by atoms with Gasteiger partial charge in [0.1, 0.15) is 0 Å². The highest BCUT2D eigenvalue weighted by Crippen LogP contribution is 2.32.